The molecule has 9 heteroatoms. The van der Waals surface area contributed by atoms with Crippen molar-refractivity contribution in [2.45, 2.75) is 62.2 Å². The first-order valence-electron chi connectivity index (χ1n) is 10.4. The number of hydrogen-bond donors (Lipinski definition) is 2. The zero-order chi connectivity index (χ0) is 21.5. The maximum atomic E-state index is 13.1. The lowest BCUT2D eigenvalue weighted by Gasteiger charge is -2.45. The summed E-state index contributed by atoms with van der Waals surface area (Å²) in [5.74, 6) is -0.561. The van der Waals surface area contributed by atoms with Crippen LogP contribution in [0.2, 0.25) is 0 Å². The molecule has 6 nitrogen and oxygen atoms in total. The number of piperidine rings is 1. The van der Waals surface area contributed by atoms with E-state index in [1.54, 1.807) is 12.1 Å². The van der Waals surface area contributed by atoms with Crippen LogP contribution in [0.3, 0.4) is 0 Å². The molecule has 0 saturated carbocycles. The van der Waals surface area contributed by atoms with E-state index in [-0.39, 0.29) is 23.1 Å². The number of aliphatic hydroxyl groups is 2. The van der Waals surface area contributed by atoms with E-state index >= 15 is 0 Å². The van der Waals surface area contributed by atoms with Crippen molar-refractivity contribution in [3.63, 3.8) is 0 Å². The summed E-state index contributed by atoms with van der Waals surface area (Å²) in [6.07, 6.45) is 2.92. The third kappa shape index (κ3) is 4.38. The molecule has 5 rings (SSSR count). The highest BCUT2D eigenvalue weighted by molar-refractivity contribution is 7.12. The Morgan fingerprint density at radius 2 is 1.65 bits per heavy atom. The molecule has 5 heterocycles. The van der Waals surface area contributed by atoms with E-state index in [1.807, 2.05) is 29.8 Å². The molecule has 0 spiro atoms. The summed E-state index contributed by atoms with van der Waals surface area (Å²) in [6.45, 7) is 2.25. The van der Waals surface area contributed by atoms with Gasteiger partial charge in [0.25, 0.3) is 0 Å². The number of quaternary nitrogens is 1. The molecule has 0 amide bonds. The Kier molecular flexibility index (Phi) is 7.68. The fourth-order valence-corrected chi connectivity index (χ4v) is 6.54. The third-order valence-corrected chi connectivity index (χ3v) is 8.54. The van der Waals surface area contributed by atoms with Crippen LogP contribution in [0.5, 0.6) is 0 Å². The van der Waals surface area contributed by atoms with Crippen molar-refractivity contribution in [2.24, 2.45) is 0 Å². The van der Waals surface area contributed by atoms with Crippen LogP contribution in [0.1, 0.15) is 35.9 Å². The molecule has 0 aliphatic carbocycles. The number of fused-ring (bicyclic) bond motifs is 5. The molecule has 5 atom stereocenters. The van der Waals surface area contributed by atoms with Crippen molar-refractivity contribution in [2.75, 3.05) is 20.7 Å². The number of carbonyl (C=O) groups is 1. The van der Waals surface area contributed by atoms with Gasteiger partial charge in [0.05, 0.1) is 23.8 Å². The molecule has 31 heavy (non-hydrogen) atoms. The summed E-state index contributed by atoms with van der Waals surface area (Å²) in [5, 5.41) is 23.0. The Labute approximate surface area is 201 Å². The van der Waals surface area contributed by atoms with Crippen molar-refractivity contribution in [3.8, 4) is 0 Å². The van der Waals surface area contributed by atoms with E-state index in [9.17, 15) is 9.90 Å². The van der Waals surface area contributed by atoms with Crippen LogP contribution in [0.25, 0.3) is 0 Å². The van der Waals surface area contributed by atoms with Crippen LogP contribution in [-0.2, 0) is 19.9 Å². The first-order valence-corrected chi connectivity index (χ1v) is 12.2. The molecule has 0 radical (unpaired) electrons. The molecule has 2 bridgehead atoms. The van der Waals surface area contributed by atoms with Crippen molar-refractivity contribution in [3.05, 3.63) is 44.8 Å². The smallest absolute Gasteiger partial charge is 0.349 e. The van der Waals surface area contributed by atoms with Crippen LogP contribution in [0.15, 0.2) is 35.0 Å². The predicted molar refractivity (Wildman–Crippen MR) is 116 cm³/mol. The van der Waals surface area contributed by atoms with Crippen LogP contribution in [0, 0.1) is 0 Å². The molecular formula is C22H30BrNO5S2. The first-order chi connectivity index (χ1) is 14.3. The Hall–Kier alpha value is -0.810. The Morgan fingerprint density at radius 1 is 1.16 bits per heavy atom. The zero-order valence-corrected chi connectivity index (χ0v) is 21.2. The maximum Gasteiger partial charge on any atom is 0.349 e. The number of hydrogen-bond acceptors (Lipinski definition) is 7. The highest BCUT2D eigenvalue weighted by Crippen LogP contribution is 2.52. The molecule has 3 aliphatic rings. The molecule has 2 aromatic rings. The maximum absolute atomic E-state index is 13.1. The molecule has 0 aromatic carbocycles. The number of thiophene rings is 2. The highest BCUT2D eigenvalue weighted by atomic mass is 79.9. The average molecular weight is 533 g/mol. The summed E-state index contributed by atoms with van der Waals surface area (Å²) in [4.78, 5) is 14.3. The Balaban J connectivity index is 0.000000504. The number of esters is 1. The van der Waals surface area contributed by atoms with E-state index in [1.165, 1.54) is 22.7 Å². The quantitative estimate of drug-likeness (QED) is 0.315. The normalized spacial score (nSPS) is 29.8. The summed E-state index contributed by atoms with van der Waals surface area (Å²) in [7, 11) is 4.49. The monoisotopic (exact) mass is 531 g/mol. The average Bonchev–Trinajstić information content (AvgIpc) is 3.08. The van der Waals surface area contributed by atoms with E-state index in [0.29, 0.717) is 40.7 Å². The number of likely N-dealkylation sites (N-methyl/N-ethyl adjacent to an activating group) is 1. The molecule has 2 N–H and O–H groups in total. The Bertz CT molecular complexity index is 801. The molecule has 3 aliphatic heterocycles. The minimum Gasteiger partial charge on any atom is -1.00 e. The zero-order valence-electron chi connectivity index (χ0n) is 17.9. The van der Waals surface area contributed by atoms with Crippen LogP contribution >= 0.6 is 22.7 Å². The largest absolute Gasteiger partial charge is 1.00 e. The number of carbonyl (C=O) groups excluding carboxylic acids is 1. The van der Waals surface area contributed by atoms with Gasteiger partial charge >= 0.3 is 5.97 Å². The minimum absolute atomic E-state index is 0. The number of morpholine rings is 1. The number of epoxide rings is 1. The number of aliphatic hydroxyl groups excluding tert-OH is 1. The summed E-state index contributed by atoms with van der Waals surface area (Å²) in [5.41, 5.74) is -1.72. The summed E-state index contributed by atoms with van der Waals surface area (Å²) < 4.78 is 12.6. The van der Waals surface area contributed by atoms with Crippen LogP contribution < -0.4 is 17.0 Å². The van der Waals surface area contributed by atoms with Gasteiger partial charge in [-0.2, -0.15) is 0 Å². The van der Waals surface area contributed by atoms with Gasteiger partial charge in [-0.05, 0) is 29.3 Å². The molecule has 3 fully saturated rings. The fourth-order valence-electron chi connectivity index (χ4n) is 4.83. The van der Waals surface area contributed by atoms with Gasteiger partial charge in [-0.15, -0.1) is 22.7 Å². The van der Waals surface area contributed by atoms with E-state index < -0.39 is 11.6 Å². The van der Waals surface area contributed by atoms with Gasteiger partial charge in [0, 0.05) is 19.4 Å². The fraction of sp³-hybridized carbons (Fsp3) is 0.591. The standard InChI is InChI=1S/C19H22NO4S2.C3H8O.BrH/c1-20(2)12-9-11(10-13(20)17-16(12)24-17)23-18(21)19(22,14-5-3-7-25-14)15-6-4-8-26-15;1-2-3-4;/h3-8,11-13,16-17,22H,9-10H2,1-2H3;4H,2-3H2,1H3;1H/q+1;;/p-1/t11?,12-,13-,16-,17+;;/m0../s1. The molecule has 172 valence electrons. The van der Waals surface area contributed by atoms with Gasteiger partial charge in [0.1, 0.15) is 30.4 Å². The number of ether oxygens (including phenoxy) is 2. The minimum atomic E-state index is -1.72. The van der Waals surface area contributed by atoms with E-state index in [4.69, 9.17) is 14.6 Å². The van der Waals surface area contributed by atoms with E-state index in [0.717, 1.165) is 23.7 Å². The number of halogens is 1. The predicted octanol–water partition coefficient (Wildman–Crippen LogP) is -0.262. The van der Waals surface area contributed by atoms with Crippen LogP contribution in [-0.4, -0.2) is 71.8 Å². The van der Waals surface area contributed by atoms with Crippen LogP contribution in [0.4, 0.5) is 0 Å². The lowest BCUT2D eigenvalue weighted by atomic mass is 9.95. The van der Waals surface area contributed by atoms with Crippen molar-refractivity contribution in [1.29, 1.82) is 0 Å². The van der Waals surface area contributed by atoms with Gasteiger partial charge in [-0.3, -0.25) is 0 Å². The van der Waals surface area contributed by atoms with Crippen molar-refractivity contribution in [1.82, 2.24) is 0 Å². The number of rotatable bonds is 5. The molecular weight excluding hydrogens is 502 g/mol. The van der Waals surface area contributed by atoms with Crippen molar-refractivity contribution >= 4 is 28.6 Å². The second kappa shape index (κ2) is 9.59. The lowest BCUT2D eigenvalue weighted by Crippen LogP contribution is -3.00. The Morgan fingerprint density at radius 3 is 2.03 bits per heavy atom. The molecule has 1 unspecified atom stereocenters. The van der Waals surface area contributed by atoms with Gasteiger partial charge < -0.3 is 41.2 Å². The van der Waals surface area contributed by atoms with Gasteiger partial charge in [0.2, 0.25) is 5.60 Å². The van der Waals surface area contributed by atoms with Crippen molar-refractivity contribution < 1.29 is 45.9 Å². The first kappa shape index (κ1) is 24.8. The SMILES string of the molecule is CCCO.C[N+]1(C)[C@H]2CC(OC(=O)C(O)(c3cccs3)c3cccs3)C[C@H]1[C@H]1O[C@H]12.[Br-]. The van der Waals surface area contributed by atoms with E-state index in [2.05, 4.69) is 14.1 Å². The summed E-state index contributed by atoms with van der Waals surface area (Å²) in [6, 6.07) is 8.01. The number of nitrogens with zero attached hydrogens (tertiary/aromatic N) is 1. The topological polar surface area (TPSA) is 79.3 Å². The lowest BCUT2D eigenvalue weighted by molar-refractivity contribution is -0.938. The second-order valence-corrected chi connectivity index (χ2v) is 10.6. The summed E-state index contributed by atoms with van der Waals surface area (Å²) >= 11 is 2.74. The third-order valence-electron chi connectivity index (χ3n) is 6.59. The van der Waals surface area contributed by atoms with Gasteiger partial charge in [-0.1, -0.05) is 19.1 Å². The molecule has 2 aromatic heterocycles. The van der Waals surface area contributed by atoms with Gasteiger partial charge in [0.15, 0.2) is 0 Å². The second-order valence-electron chi connectivity index (χ2n) is 8.72. The highest BCUT2D eigenvalue weighted by Gasteiger charge is 2.71. The van der Waals surface area contributed by atoms with Gasteiger partial charge in [-0.25, -0.2) is 4.79 Å². The molecule has 3 saturated heterocycles.